The number of aromatic nitrogens is 3. The molecule has 0 amide bonds. The van der Waals surface area contributed by atoms with Crippen LogP contribution in [-0.2, 0) is 17.5 Å². The van der Waals surface area contributed by atoms with E-state index in [2.05, 4.69) is 10.3 Å². The molecule has 1 heterocycles. The summed E-state index contributed by atoms with van der Waals surface area (Å²) in [5.41, 5.74) is -1.42. The van der Waals surface area contributed by atoms with Crippen LogP contribution < -0.4 is 10.3 Å². The molecule has 0 radical (unpaired) electrons. The number of rotatable bonds is 9. The fourth-order valence-corrected chi connectivity index (χ4v) is 4.81. The van der Waals surface area contributed by atoms with Crippen molar-refractivity contribution in [3.63, 3.8) is 0 Å². The molecule has 0 aliphatic heterocycles. The van der Waals surface area contributed by atoms with Gasteiger partial charge in [-0.05, 0) is 67.6 Å². The molecule has 3 atom stereocenters. The summed E-state index contributed by atoms with van der Waals surface area (Å²) in [5.74, 6) is -3.40. The number of carboxylic acid groups (broad SMARTS) is 1. The molecule has 4 rings (SSSR count). The Morgan fingerprint density at radius 3 is 2.51 bits per heavy atom. The molecule has 196 valence electrons. The maximum atomic E-state index is 13.2. The number of alkyl halides is 3. The molecular weight excluding hydrogens is 491 g/mol. The van der Waals surface area contributed by atoms with Crippen LogP contribution in [-0.4, -0.2) is 38.5 Å². The van der Waals surface area contributed by atoms with Gasteiger partial charge >= 0.3 is 12.1 Å². The van der Waals surface area contributed by atoms with Gasteiger partial charge in [0, 0.05) is 11.5 Å². The lowest BCUT2D eigenvalue weighted by molar-refractivity contribution is -0.144. The van der Waals surface area contributed by atoms with Gasteiger partial charge in [-0.3, -0.25) is 14.4 Å². The summed E-state index contributed by atoms with van der Waals surface area (Å²) >= 11 is 0. The van der Waals surface area contributed by atoms with Crippen LogP contribution in [0, 0.1) is 17.8 Å². The Labute approximate surface area is 210 Å². The van der Waals surface area contributed by atoms with Gasteiger partial charge in [-0.25, -0.2) is 4.68 Å². The summed E-state index contributed by atoms with van der Waals surface area (Å²) < 4.78 is 45.8. The van der Waals surface area contributed by atoms with E-state index in [0.717, 1.165) is 29.7 Å². The molecule has 3 aromatic rings. The van der Waals surface area contributed by atoms with Crippen molar-refractivity contribution in [3.8, 4) is 5.75 Å². The maximum absolute atomic E-state index is 13.2. The van der Waals surface area contributed by atoms with Crippen molar-refractivity contribution < 1.29 is 32.6 Å². The predicted molar refractivity (Wildman–Crippen MR) is 127 cm³/mol. The first-order valence-electron chi connectivity index (χ1n) is 12.0. The van der Waals surface area contributed by atoms with Gasteiger partial charge in [0.1, 0.15) is 11.3 Å². The molecule has 1 N–H and O–H groups in total. The van der Waals surface area contributed by atoms with Crippen LogP contribution in [0.1, 0.15) is 48.5 Å². The highest BCUT2D eigenvalue weighted by atomic mass is 19.4. The third kappa shape index (κ3) is 5.65. The van der Waals surface area contributed by atoms with Crippen LogP contribution in [0.15, 0.2) is 47.3 Å². The summed E-state index contributed by atoms with van der Waals surface area (Å²) in [6.45, 7) is 2.43. The minimum Gasteiger partial charge on any atom is -0.494 e. The second-order valence-electron chi connectivity index (χ2n) is 9.20. The van der Waals surface area contributed by atoms with E-state index in [1.807, 2.05) is 6.92 Å². The average molecular weight is 518 g/mol. The smallest absolute Gasteiger partial charge is 0.416 e. The molecule has 2 aromatic carbocycles. The van der Waals surface area contributed by atoms with Crippen molar-refractivity contribution in [1.82, 2.24) is 15.0 Å². The van der Waals surface area contributed by atoms with E-state index in [9.17, 15) is 32.7 Å². The maximum Gasteiger partial charge on any atom is 0.416 e. The number of ether oxygens (including phenoxy) is 1. The Hall–Kier alpha value is -3.76. The summed E-state index contributed by atoms with van der Waals surface area (Å²) in [5, 5.41) is 17.3. The third-order valence-corrected chi connectivity index (χ3v) is 6.77. The minimum atomic E-state index is -4.64. The van der Waals surface area contributed by atoms with E-state index in [1.54, 1.807) is 24.3 Å². The Morgan fingerprint density at radius 1 is 1.14 bits per heavy atom. The first-order valence-corrected chi connectivity index (χ1v) is 12.0. The molecular formula is C26H26F3N3O5. The van der Waals surface area contributed by atoms with Gasteiger partial charge in [0.05, 0.1) is 30.0 Å². The van der Waals surface area contributed by atoms with E-state index >= 15 is 0 Å². The fraction of sp³-hybridized carbons (Fsp3) is 0.423. The molecule has 1 saturated carbocycles. The minimum absolute atomic E-state index is 0.00521. The predicted octanol–water partition coefficient (Wildman–Crippen LogP) is 4.60. The molecule has 1 fully saturated rings. The number of hydrogen-bond acceptors (Lipinski definition) is 6. The van der Waals surface area contributed by atoms with Crippen LogP contribution in [0.2, 0.25) is 0 Å². The summed E-state index contributed by atoms with van der Waals surface area (Å²) in [6, 6.07) is 9.16. The molecule has 3 unspecified atom stereocenters. The zero-order valence-electron chi connectivity index (χ0n) is 20.1. The highest BCUT2D eigenvalue weighted by molar-refractivity contribution is 6.00. The number of benzene rings is 2. The van der Waals surface area contributed by atoms with Crippen molar-refractivity contribution in [3.05, 3.63) is 63.9 Å². The van der Waals surface area contributed by atoms with Crippen molar-refractivity contribution in [2.24, 2.45) is 17.8 Å². The molecule has 1 aromatic heterocycles. The summed E-state index contributed by atoms with van der Waals surface area (Å²) in [6.07, 6.45) is -2.12. The SMILES string of the molecule is CCCCOc1ccc(C(=O)C2CCC(Cn3nnc4ccc(C(F)(F)F)cc4c3=O)C2C(=O)O)cc1. The molecule has 1 aliphatic rings. The molecule has 0 bridgehead atoms. The molecule has 37 heavy (non-hydrogen) atoms. The van der Waals surface area contributed by atoms with Crippen LogP contribution in [0.25, 0.3) is 10.9 Å². The van der Waals surface area contributed by atoms with Crippen LogP contribution in [0.3, 0.4) is 0 Å². The van der Waals surface area contributed by atoms with Crippen molar-refractivity contribution in [1.29, 1.82) is 0 Å². The lowest BCUT2D eigenvalue weighted by Crippen LogP contribution is -2.34. The number of halogens is 3. The topological polar surface area (TPSA) is 111 Å². The van der Waals surface area contributed by atoms with E-state index in [-0.39, 0.29) is 23.2 Å². The number of Topliss-reactive ketones (excluding diaryl/α,β-unsaturated/α-hetero) is 1. The monoisotopic (exact) mass is 517 g/mol. The number of unbranched alkanes of at least 4 members (excludes halogenated alkanes) is 1. The van der Waals surface area contributed by atoms with Gasteiger partial charge in [-0.2, -0.15) is 13.2 Å². The number of carboxylic acids is 1. The van der Waals surface area contributed by atoms with Crippen molar-refractivity contribution in [2.45, 2.75) is 45.3 Å². The zero-order chi connectivity index (χ0) is 26.7. The number of aliphatic carboxylic acids is 1. The van der Waals surface area contributed by atoms with Crippen LogP contribution in [0.5, 0.6) is 5.75 Å². The number of hydrogen-bond donors (Lipinski definition) is 1. The number of nitrogens with zero attached hydrogens (tertiary/aromatic N) is 3. The molecule has 1 aliphatic carbocycles. The van der Waals surface area contributed by atoms with Crippen molar-refractivity contribution in [2.75, 3.05) is 6.61 Å². The van der Waals surface area contributed by atoms with Gasteiger partial charge < -0.3 is 9.84 Å². The highest BCUT2D eigenvalue weighted by Crippen LogP contribution is 2.40. The quantitative estimate of drug-likeness (QED) is 0.326. The number of carbonyl (C=O) groups is 2. The van der Waals surface area contributed by atoms with Gasteiger partial charge in [-0.15, -0.1) is 5.10 Å². The lowest BCUT2D eigenvalue weighted by atomic mass is 9.84. The molecule has 8 nitrogen and oxygen atoms in total. The standard InChI is InChI=1S/C26H26F3N3O5/c1-2-3-12-37-18-8-4-15(5-9-18)23(33)19-10-6-16(22(19)25(35)36)14-32-24(34)20-13-17(26(27,28)29)7-11-21(20)30-31-32/h4-5,7-9,11,13,16,19,22H,2-3,6,10,12,14H2,1H3,(H,35,36). The van der Waals surface area contributed by atoms with Crippen LogP contribution in [0.4, 0.5) is 13.2 Å². The van der Waals surface area contributed by atoms with Gasteiger partial charge in [0.2, 0.25) is 0 Å². The first kappa shape index (κ1) is 26.3. The normalized spacial score (nSPS) is 19.7. The summed E-state index contributed by atoms with van der Waals surface area (Å²) in [7, 11) is 0. The average Bonchev–Trinajstić information content (AvgIpc) is 3.29. The zero-order valence-corrected chi connectivity index (χ0v) is 20.1. The molecule has 0 spiro atoms. The molecule has 11 heteroatoms. The van der Waals surface area contributed by atoms with Gasteiger partial charge in [0.25, 0.3) is 5.56 Å². The van der Waals surface area contributed by atoms with Gasteiger partial charge in [-0.1, -0.05) is 18.6 Å². The Bertz CT molecular complexity index is 1350. The lowest BCUT2D eigenvalue weighted by Gasteiger charge is -2.20. The summed E-state index contributed by atoms with van der Waals surface area (Å²) in [4.78, 5) is 38.3. The van der Waals surface area contributed by atoms with Gasteiger partial charge in [0.15, 0.2) is 5.78 Å². The third-order valence-electron chi connectivity index (χ3n) is 6.77. The Balaban J connectivity index is 1.54. The Morgan fingerprint density at radius 2 is 1.86 bits per heavy atom. The number of carbonyl (C=O) groups excluding carboxylic acids is 1. The second kappa shape index (κ2) is 10.7. The number of ketones is 1. The number of fused-ring (bicyclic) bond motifs is 1. The van der Waals surface area contributed by atoms with E-state index in [4.69, 9.17) is 4.74 Å². The Kier molecular flexibility index (Phi) is 7.60. The van der Waals surface area contributed by atoms with Crippen LogP contribution >= 0.6 is 0 Å². The highest BCUT2D eigenvalue weighted by Gasteiger charge is 2.45. The fourth-order valence-electron chi connectivity index (χ4n) is 4.81. The second-order valence-corrected chi connectivity index (χ2v) is 9.20. The van der Waals surface area contributed by atoms with Crippen molar-refractivity contribution >= 4 is 22.7 Å². The van der Waals surface area contributed by atoms with E-state index < -0.39 is 41.0 Å². The largest absolute Gasteiger partial charge is 0.494 e. The van der Waals surface area contributed by atoms with E-state index in [0.29, 0.717) is 36.8 Å². The molecule has 0 saturated heterocycles. The first-order chi connectivity index (χ1) is 17.6. The van der Waals surface area contributed by atoms with E-state index in [1.165, 1.54) is 0 Å².